The average Bonchev–Trinajstić information content (AvgIpc) is 2.32. The predicted octanol–water partition coefficient (Wildman–Crippen LogP) is 2.89. The fraction of sp³-hybridized carbons (Fsp3) is 0.364. The van der Waals surface area contributed by atoms with E-state index in [4.69, 9.17) is 5.11 Å². The van der Waals surface area contributed by atoms with Gasteiger partial charge in [0.05, 0.1) is 21.1 Å². The van der Waals surface area contributed by atoms with Crippen LogP contribution in [0.25, 0.3) is 0 Å². The van der Waals surface area contributed by atoms with Crippen molar-refractivity contribution in [2.75, 3.05) is 18.8 Å². The lowest BCUT2D eigenvalue weighted by Crippen LogP contribution is -2.03. The second-order valence-corrected chi connectivity index (χ2v) is 5.80. The number of aromatic hydroxyl groups is 2. The van der Waals surface area contributed by atoms with Crippen molar-refractivity contribution in [2.24, 2.45) is 0 Å². The summed E-state index contributed by atoms with van der Waals surface area (Å²) >= 11 is 3.85. The molecule has 100 valence electrons. The summed E-state index contributed by atoms with van der Waals surface area (Å²) in [5.41, 5.74) is 0.273. The highest BCUT2D eigenvalue weighted by Crippen LogP contribution is 2.49. The second-order valence-electron chi connectivity index (χ2n) is 3.35. The monoisotopic (exact) mass is 306 g/mol. The number of phenols is 2. The van der Waals surface area contributed by atoms with E-state index in [0.29, 0.717) is 14.7 Å². The van der Waals surface area contributed by atoms with Gasteiger partial charge in [-0.15, -0.1) is 35.3 Å². The smallest absolute Gasteiger partial charge is 0.308 e. The third-order valence-corrected chi connectivity index (χ3v) is 4.94. The molecular formula is C11H14O4S3. The Kier molecular flexibility index (Phi) is 5.55. The minimum absolute atomic E-state index is 0.0450. The van der Waals surface area contributed by atoms with E-state index in [-0.39, 0.29) is 23.5 Å². The number of carboxylic acids is 1. The standard InChI is InChI=1S/C11H14O4S3/c1-16-9-5(4-6(12)13)7(14)10(17-2)11(18-3)8(9)15/h14-15H,4H2,1-3H3,(H,12,13). The van der Waals surface area contributed by atoms with Gasteiger partial charge in [0, 0.05) is 5.56 Å². The van der Waals surface area contributed by atoms with Crippen LogP contribution in [-0.2, 0) is 11.2 Å². The van der Waals surface area contributed by atoms with E-state index in [1.54, 1.807) is 18.8 Å². The molecule has 0 aliphatic heterocycles. The molecule has 4 nitrogen and oxygen atoms in total. The SMILES string of the molecule is CSc1c(O)c(SC)c(SC)c(O)c1CC(=O)O. The zero-order chi connectivity index (χ0) is 13.9. The van der Waals surface area contributed by atoms with E-state index in [9.17, 15) is 15.0 Å². The Morgan fingerprint density at radius 3 is 1.78 bits per heavy atom. The predicted molar refractivity (Wildman–Crippen MR) is 76.5 cm³/mol. The van der Waals surface area contributed by atoms with Crippen LogP contribution < -0.4 is 0 Å². The molecule has 0 atom stereocenters. The summed E-state index contributed by atoms with van der Waals surface area (Å²) in [7, 11) is 0. The first-order valence-corrected chi connectivity index (χ1v) is 8.59. The molecule has 0 saturated heterocycles. The largest absolute Gasteiger partial charge is 0.506 e. The fourth-order valence-electron chi connectivity index (χ4n) is 1.62. The molecular weight excluding hydrogens is 292 g/mol. The van der Waals surface area contributed by atoms with Crippen molar-refractivity contribution in [2.45, 2.75) is 21.1 Å². The summed E-state index contributed by atoms with van der Waals surface area (Å²) in [6.07, 6.45) is 5.01. The van der Waals surface area contributed by atoms with Crippen molar-refractivity contribution >= 4 is 41.3 Å². The number of thioether (sulfide) groups is 3. The van der Waals surface area contributed by atoms with Gasteiger partial charge in [-0.25, -0.2) is 0 Å². The van der Waals surface area contributed by atoms with Crippen LogP contribution >= 0.6 is 35.3 Å². The Balaban J connectivity index is 3.59. The van der Waals surface area contributed by atoms with Crippen molar-refractivity contribution in [1.82, 2.24) is 0 Å². The summed E-state index contributed by atoms with van der Waals surface area (Å²) in [5.74, 6) is -1.03. The number of hydrogen-bond donors (Lipinski definition) is 3. The zero-order valence-corrected chi connectivity index (χ0v) is 12.6. The van der Waals surface area contributed by atoms with Gasteiger partial charge in [0.15, 0.2) is 0 Å². The first-order chi connectivity index (χ1) is 8.47. The highest BCUT2D eigenvalue weighted by Gasteiger charge is 2.23. The van der Waals surface area contributed by atoms with Crippen molar-refractivity contribution < 1.29 is 20.1 Å². The highest BCUT2D eigenvalue weighted by atomic mass is 32.2. The summed E-state index contributed by atoms with van der Waals surface area (Å²) in [6.45, 7) is 0. The molecule has 0 aliphatic carbocycles. The molecule has 0 fully saturated rings. The molecule has 0 saturated carbocycles. The maximum absolute atomic E-state index is 10.8. The number of hydrogen-bond acceptors (Lipinski definition) is 6. The molecule has 0 aromatic heterocycles. The summed E-state index contributed by atoms with van der Waals surface area (Å²) < 4.78 is 0. The molecule has 0 spiro atoms. The molecule has 1 aromatic carbocycles. The molecule has 1 aromatic rings. The molecule has 0 aliphatic rings. The van der Waals surface area contributed by atoms with Crippen molar-refractivity contribution in [1.29, 1.82) is 0 Å². The highest BCUT2D eigenvalue weighted by molar-refractivity contribution is 8.02. The maximum Gasteiger partial charge on any atom is 0.308 e. The van der Waals surface area contributed by atoms with E-state index < -0.39 is 5.97 Å². The molecule has 0 amide bonds. The lowest BCUT2D eigenvalue weighted by atomic mass is 10.1. The number of aliphatic carboxylic acids is 1. The van der Waals surface area contributed by atoms with Crippen molar-refractivity contribution in [3.63, 3.8) is 0 Å². The lowest BCUT2D eigenvalue weighted by molar-refractivity contribution is -0.136. The average molecular weight is 306 g/mol. The van der Waals surface area contributed by atoms with E-state index >= 15 is 0 Å². The van der Waals surface area contributed by atoms with Gasteiger partial charge >= 0.3 is 5.97 Å². The fourth-order valence-corrected chi connectivity index (χ4v) is 4.07. The first-order valence-electron chi connectivity index (χ1n) is 4.92. The van der Waals surface area contributed by atoms with Crippen molar-refractivity contribution in [3.05, 3.63) is 5.56 Å². The Bertz CT molecular complexity index is 474. The summed E-state index contributed by atoms with van der Waals surface area (Å²) in [4.78, 5) is 12.4. The van der Waals surface area contributed by atoms with E-state index in [1.807, 2.05) is 0 Å². The normalized spacial score (nSPS) is 10.6. The van der Waals surface area contributed by atoms with Crippen LogP contribution in [0.2, 0.25) is 0 Å². The van der Waals surface area contributed by atoms with Crippen LogP contribution in [0.1, 0.15) is 5.56 Å². The Labute approximate surface area is 118 Å². The van der Waals surface area contributed by atoms with Crippen LogP contribution in [0, 0.1) is 0 Å². The van der Waals surface area contributed by atoms with Gasteiger partial charge in [-0.2, -0.15) is 0 Å². The number of benzene rings is 1. The van der Waals surface area contributed by atoms with Crippen molar-refractivity contribution in [3.8, 4) is 11.5 Å². The number of rotatable bonds is 5. The molecule has 0 unspecified atom stereocenters. The quantitative estimate of drug-likeness (QED) is 0.570. The molecule has 0 radical (unpaired) electrons. The van der Waals surface area contributed by atoms with Crippen LogP contribution in [0.15, 0.2) is 14.7 Å². The molecule has 7 heteroatoms. The Hall–Kier alpha value is -0.660. The van der Waals surface area contributed by atoms with E-state index in [2.05, 4.69) is 0 Å². The third-order valence-electron chi connectivity index (χ3n) is 2.35. The van der Waals surface area contributed by atoms with Crippen LogP contribution in [0.5, 0.6) is 11.5 Å². The van der Waals surface area contributed by atoms with Gasteiger partial charge in [0.25, 0.3) is 0 Å². The first kappa shape index (κ1) is 15.4. The van der Waals surface area contributed by atoms with Gasteiger partial charge in [-0.3, -0.25) is 4.79 Å². The van der Waals surface area contributed by atoms with E-state index in [0.717, 1.165) is 0 Å². The topological polar surface area (TPSA) is 77.8 Å². The minimum atomic E-state index is -1.04. The van der Waals surface area contributed by atoms with Gasteiger partial charge in [-0.1, -0.05) is 0 Å². The summed E-state index contributed by atoms with van der Waals surface area (Å²) in [5, 5.41) is 29.2. The van der Waals surface area contributed by atoms with Gasteiger partial charge < -0.3 is 15.3 Å². The molecule has 0 bridgehead atoms. The lowest BCUT2D eigenvalue weighted by Gasteiger charge is -2.17. The number of carboxylic acid groups (broad SMARTS) is 1. The van der Waals surface area contributed by atoms with Crippen LogP contribution in [0.3, 0.4) is 0 Å². The maximum atomic E-state index is 10.8. The van der Waals surface area contributed by atoms with Crippen LogP contribution in [0.4, 0.5) is 0 Å². The molecule has 0 heterocycles. The van der Waals surface area contributed by atoms with Gasteiger partial charge in [0.2, 0.25) is 0 Å². The number of phenolic OH excluding ortho intramolecular Hbond substituents is 2. The number of carbonyl (C=O) groups is 1. The Morgan fingerprint density at radius 2 is 1.39 bits per heavy atom. The third kappa shape index (κ3) is 2.84. The van der Waals surface area contributed by atoms with E-state index in [1.165, 1.54) is 35.3 Å². The molecule has 3 N–H and O–H groups in total. The molecule has 1 rings (SSSR count). The van der Waals surface area contributed by atoms with Gasteiger partial charge in [0.1, 0.15) is 11.5 Å². The van der Waals surface area contributed by atoms with Gasteiger partial charge in [-0.05, 0) is 18.8 Å². The van der Waals surface area contributed by atoms with Crippen LogP contribution in [-0.4, -0.2) is 40.1 Å². The Morgan fingerprint density at radius 1 is 0.944 bits per heavy atom. The zero-order valence-electron chi connectivity index (χ0n) is 10.2. The second kappa shape index (κ2) is 6.49. The minimum Gasteiger partial charge on any atom is -0.506 e. The summed E-state index contributed by atoms with van der Waals surface area (Å²) in [6, 6.07) is 0. The molecule has 18 heavy (non-hydrogen) atoms.